The highest BCUT2D eigenvalue weighted by Gasteiger charge is 2.37. The highest BCUT2D eigenvalue weighted by Crippen LogP contribution is 2.04. The molecule has 0 aromatic heterocycles. The molecule has 0 saturated carbocycles. The molecule has 6 amide bonds. The van der Waals surface area contributed by atoms with Gasteiger partial charge in [-0.2, -0.15) is 0 Å². The monoisotopic (exact) mass is 638 g/mol. The number of quaternary nitrogens is 1. The van der Waals surface area contributed by atoms with E-state index in [4.69, 9.17) is 10.9 Å². The number of carbonyl (C=O) groups excluding carboxylic acids is 6. The highest BCUT2D eigenvalue weighted by molar-refractivity contribution is 5.97. The number of nitrogens with zero attached hydrogens (tertiary/aromatic N) is 1. The van der Waals surface area contributed by atoms with E-state index in [0.29, 0.717) is 24.4 Å². The zero-order valence-electron chi connectivity index (χ0n) is 23.8. The van der Waals surface area contributed by atoms with Gasteiger partial charge in [0.1, 0.15) is 30.7 Å². The highest BCUT2D eigenvalue weighted by atomic mass is 16.8. The molecule has 0 spiro atoms. The van der Waals surface area contributed by atoms with Crippen LogP contribution in [0.1, 0.15) is 38.5 Å². The van der Waals surface area contributed by atoms with E-state index >= 15 is 0 Å². The van der Waals surface area contributed by atoms with Crippen LogP contribution in [-0.2, 0) is 33.6 Å². The number of nitrogens with two attached hydrogens (primary N) is 1. The van der Waals surface area contributed by atoms with Crippen molar-refractivity contribution in [3.8, 4) is 0 Å². The lowest BCUT2D eigenvalue weighted by Gasteiger charge is -2.26. The molecule has 1 unspecified atom stereocenters. The number of nitrogens with one attached hydrogen (secondary N) is 6. The van der Waals surface area contributed by atoms with Crippen molar-refractivity contribution < 1.29 is 64.5 Å². The van der Waals surface area contributed by atoms with Crippen LogP contribution < -0.4 is 37.5 Å². The molecule has 0 aromatic carbocycles. The van der Waals surface area contributed by atoms with Gasteiger partial charge in [0.15, 0.2) is 6.10 Å². The maximum Gasteiger partial charge on any atom is 0.335 e. The van der Waals surface area contributed by atoms with Crippen LogP contribution in [-0.4, -0.2) is 136 Å². The zero-order chi connectivity index (χ0) is 33.7. The Morgan fingerprint density at radius 3 is 2.05 bits per heavy atom. The second kappa shape index (κ2) is 22.5. The molecule has 0 bridgehead atoms. The van der Waals surface area contributed by atoms with Crippen LogP contribution in [0.25, 0.3) is 0 Å². The Balaban J connectivity index is 5.71. The van der Waals surface area contributed by atoms with Crippen molar-refractivity contribution in [1.82, 2.24) is 31.6 Å². The fourth-order valence-corrected chi connectivity index (χ4v) is 3.62. The van der Waals surface area contributed by atoms with Crippen LogP contribution in [0.15, 0.2) is 0 Å². The molecule has 6 atom stereocenters. The second-order valence-electron chi connectivity index (χ2n) is 9.39. The first-order chi connectivity index (χ1) is 20.8. The van der Waals surface area contributed by atoms with Crippen molar-refractivity contribution in [1.29, 1.82) is 0 Å². The summed E-state index contributed by atoms with van der Waals surface area (Å²) in [6.07, 6.45) is -1.59. The number of amides is 6. The number of carboxylic acids is 1. The lowest BCUT2D eigenvalue weighted by Crippen LogP contribution is -3.04. The van der Waals surface area contributed by atoms with Gasteiger partial charge in [-0.1, -0.05) is 0 Å². The number of aliphatic hydroxyl groups excluding tert-OH is 2. The van der Waals surface area contributed by atoms with Crippen LogP contribution in [0, 0.1) is 5.21 Å². The van der Waals surface area contributed by atoms with E-state index in [0.717, 1.165) is 0 Å². The topological polar surface area (TPSA) is 338 Å². The van der Waals surface area contributed by atoms with Crippen LogP contribution >= 0.6 is 0 Å². The molecule has 0 fully saturated rings. The maximum atomic E-state index is 12.9. The summed E-state index contributed by atoms with van der Waals surface area (Å²) in [5, 5.41) is 67.9. The average molecular weight is 639 g/mol. The van der Waals surface area contributed by atoms with Crippen LogP contribution in [0.2, 0.25) is 0 Å². The summed E-state index contributed by atoms with van der Waals surface area (Å²) in [5.41, 5.74) is 5.41. The minimum absolute atomic E-state index is 0.0356. The summed E-state index contributed by atoms with van der Waals surface area (Å²) < 4.78 is 0. The summed E-state index contributed by atoms with van der Waals surface area (Å²) in [4.78, 5) is 84.1. The molecule has 21 nitrogen and oxygen atoms in total. The number of hydrogen-bond donors (Lipinski definition) is 12. The van der Waals surface area contributed by atoms with Crippen LogP contribution in [0.3, 0.4) is 0 Å². The molecule has 0 radical (unpaired) electrons. The number of rotatable bonds is 25. The van der Waals surface area contributed by atoms with E-state index in [2.05, 4.69) is 16.0 Å². The molecule has 252 valence electrons. The van der Waals surface area contributed by atoms with Crippen LogP contribution in [0.4, 0.5) is 0 Å². The Morgan fingerprint density at radius 1 is 0.886 bits per heavy atom. The lowest BCUT2D eigenvalue weighted by atomic mass is 10.1. The van der Waals surface area contributed by atoms with E-state index in [1.165, 1.54) is 0 Å². The van der Waals surface area contributed by atoms with E-state index < -0.39 is 71.7 Å². The molecule has 0 aliphatic heterocycles. The molecule has 0 aliphatic carbocycles. The van der Waals surface area contributed by atoms with Gasteiger partial charge in [-0.25, -0.2) is 20.3 Å². The minimum Gasteiger partial charge on any atom is -0.600 e. The molecule has 0 aliphatic rings. The average Bonchev–Trinajstić information content (AvgIpc) is 2.98. The van der Waals surface area contributed by atoms with Crippen molar-refractivity contribution in [3.63, 3.8) is 0 Å². The molecule has 13 N–H and O–H groups in total. The Hall–Kier alpha value is -3.99. The first-order valence-electron chi connectivity index (χ1n) is 13.6. The summed E-state index contributed by atoms with van der Waals surface area (Å²) >= 11 is 0. The van der Waals surface area contributed by atoms with Gasteiger partial charge in [-0.05, 0) is 38.6 Å². The molecule has 0 heterocycles. The second-order valence-corrected chi connectivity index (χ2v) is 9.39. The van der Waals surface area contributed by atoms with Crippen molar-refractivity contribution >= 4 is 42.4 Å². The van der Waals surface area contributed by atoms with E-state index in [9.17, 15) is 59.3 Å². The summed E-state index contributed by atoms with van der Waals surface area (Å²) in [5.74, 6) is -6.35. The van der Waals surface area contributed by atoms with Crippen molar-refractivity contribution in [2.24, 2.45) is 5.73 Å². The van der Waals surface area contributed by atoms with Crippen molar-refractivity contribution in [3.05, 3.63) is 5.21 Å². The predicted octanol–water partition coefficient (Wildman–Crippen LogP) is -6.97. The van der Waals surface area contributed by atoms with Gasteiger partial charge >= 0.3 is 5.97 Å². The summed E-state index contributed by atoms with van der Waals surface area (Å²) in [6, 6.07) is -6.76. The summed E-state index contributed by atoms with van der Waals surface area (Å²) in [7, 11) is 0. The molecular formula is C23H42N8O13. The Labute approximate surface area is 251 Å². The van der Waals surface area contributed by atoms with Gasteiger partial charge in [0.05, 0.1) is 6.61 Å². The first-order valence-corrected chi connectivity index (χ1v) is 13.6. The standard InChI is InChI=1S/C23H42N8O13/c24-7-1-2-8-25-19(36)15(6-3-9-30(42)13-34)27-21(38)16(11-32)28-22(39)17(18(35)23(40)41)29-20(37)14(26-12-33)5-4-10-31(43)44/h12-18,31-32,35,42-43H,1-11,24H2,(H,25,36)(H,26,33)(H,27,38)(H,28,39)(H,29,37)(H,40,41)/t14-,15-,16-,17+,18+/m0/s1. The van der Waals surface area contributed by atoms with E-state index in [1.54, 1.807) is 0 Å². The lowest BCUT2D eigenvalue weighted by molar-refractivity contribution is -1.05. The smallest absolute Gasteiger partial charge is 0.335 e. The van der Waals surface area contributed by atoms with Crippen molar-refractivity contribution in [2.75, 3.05) is 32.8 Å². The number of hydrogen-bond acceptors (Lipinski definition) is 13. The quantitative estimate of drug-likeness (QED) is 0.0191. The van der Waals surface area contributed by atoms with Gasteiger partial charge < -0.3 is 52.8 Å². The number of aliphatic carboxylic acids is 1. The third-order valence-electron chi connectivity index (χ3n) is 6.00. The van der Waals surface area contributed by atoms with Crippen molar-refractivity contribution in [2.45, 2.75) is 68.8 Å². The van der Waals surface area contributed by atoms with Gasteiger partial charge in [-0.3, -0.25) is 34.0 Å². The number of carboxylic acid groups (broad SMARTS) is 1. The SMILES string of the molecule is NCCCCNC(=O)[C@H](CCCN(O)C=O)NC(=O)[C@H](CO)NC(=O)[C@H](NC(=O)[C@H](CCC[NH+]([O-])O)NC=O)[C@@H](O)C(=O)O. The Kier molecular flexibility index (Phi) is 20.5. The van der Waals surface area contributed by atoms with E-state index in [-0.39, 0.29) is 58.1 Å². The van der Waals surface area contributed by atoms with E-state index in [1.807, 2.05) is 10.6 Å². The minimum atomic E-state index is -2.57. The first kappa shape index (κ1) is 40.0. The molecule has 0 saturated heterocycles. The molecular weight excluding hydrogens is 596 g/mol. The van der Waals surface area contributed by atoms with Gasteiger partial charge in [-0.15, -0.1) is 0 Å². The third-order valence-corrected chi connectivity index (χ3v) is 6.00. The van der Waals surface area contributed by atoms with Gasteiger partial charge in [0, 0.05) is 19.5 Å². The Morgan fingerprint density at radius 2 is 1.50 bits per heavy atom. The zero-order valence-corrected chi connectivity index (χ0v) is 23.8. The summed E-state index contributed by atoms with van der Waals surface area (Å²) in [6.45, 7) is -1.06. The third kappa shape index (κ3) is 16.0. The van der Waals surface area contributed by atoms with Gasteiger partial charge in [0.2, 0.25) is 36.4 Å². The number of unbranched alkanes of at least 4 members (excludes halogenated alkanes) is 1. The fraction of sp³-hybridized carbons (Fsp3) is 0.696. The molecule has 21 heteroatoms. The normalized spacial score (nSPS) is 14.9. The maximum absolute atomic E-state index is 12.9. The number of aliphatic hydroxyl groups is 2. The van der Waals surface area contributed by atoms with Gasteiger partial charge in [0.25, 0.3) is 0 Å². The largest absolute Gasteiger partial charge is 0.600 e. The molecule has 0 aromatic rings. The predicted molar refractivity (Wildman–Crippen MR) is 145 cm³/mol. The number of carbonyl (C=O) groups is 7. The number of hydroxylamine groups is 4. The Bertz CT molecular complexity index is 942. The van der Waals surface area contributed by atoms with Crippen LogP contribution in [0.5, 0.6) is 0 Å². The molecule has 0 rings (SSSR count). The fourth-order valence-electron chi connectivity index (χ4n) is 3.62. The molecule has 44 heavy (non-hydrogen) atoms.